The number of hydrogen-bond donors (Lipinski definition) is 1. The van der Waals surface area contributed by atoms with Gasteiger partial charge in [0.1, 0.15) is 5.76 Å². The van der Waals surface area contributed by atoms with Crippen LogP contribution < -0.4 is 0 Å². The molecule has 0 spiro atoms. The fourth-order valence-electron chi connectivity index (χ4n) is 2.02. The number of hydrogen-bond acceptors (Lipinski definition) is 2. The average molecular weight is 196 g/mol. The Morgan fingerprint density at radius 3 is 2.86 bits per heavy atom. The van der Waals surface area contributed by atoms with Gasteiger partial charge in [-0.05, 0) is 30.9 Å². The van der Waals surface area contributed by atoms with Crippen molar-refractivity contribution in [3.8, 4) is 0 Å². The lowest BCUT2D eigenvalue weighted by Crippen LogP contribution is -2.23. The summed E-state index contributed by atoms with van der Waals surface area (Å²) < 4.78 is 5.37. The second-order valence-corrected chi connectivity index (χ2v) is 3.43. The molecule has 0 amide bonds. The third kappa shape index (κ3) is 2.01. The molecular weight excluding hydrogens is 176 g/mol. The van der Waals surface area contributed by atoms with Crippen molar-refractivity contribution in [1.82, 2.24) is 0 Å². The van der Waals surface area contributed by atoms with E-state index in [2.05, 4.69) is 6.92 Å². The quantitative estimate of drug-likeness (QED) is 0.748. The van der Waals surface area contributed by atoms with Gasteiger partial charge in [-0.2, -0.15) is 0 Å². The van der Waals surface area contributed by atoms with Crippen LogP contribution in [0.2, 0.25) is 0 Å². The van der Waals surface area contributed by atoms with E-state index in [0.29, 0.717) is 0 Å². The highest BCUT2D eigenvalue weighted by atomic mass is 16.3. The van der Waals surface area contributed by atoms with Crippen LogP contribution in [-0.2, 0) is 6.42 Å². The number of fused-ring (bicyclic) bond motifs is 1. The zero-order chi connectivity index (χ0) is 10.6. The lowest BCUT2D eigenvalue weighted by atomic mass is 9.84. The summed E-state index contributed by atoms with van der Waals surface area (Å²) in [6.45, 7) is 6.09. The Balaban J connectivity index is 0.000000461. The Kier molecular flexibility index (Phi) is 4.21. The maximum atomic E-state index is 9.67. The molecule has 1 aliphatic rings. The smallest absolute Gasteiger partial charge is 0.112 e. The zero-order valence-electron chi connectivity index (χ0n) is 9.29. The van der Waals surface area contributed by atoms with Crippen LogP contribution in [0.15, 0.2) is 16.7 Å². The Bertz CT molecular complexity index is 265. The molecule has 1 aliphatic carbocycles. The van der Waals surface area contributed by atoms with Gasteiger partial charge in [0.05, 0.1) is 12.4 Å². The van der Waals surface area contributed by atoms with Crippen molar-refractivity contribution < 1.29 is 9.52 Å². The molecule has 1 aromatic rings. The third-order valence-electron chi connectivity index (χ3n) is 2.73. The van der Waals surface area contributed by atoms with E-state index in [4.69, 9.17) is 4.42 Å². The number of aryl methyl sites for hydroxylation is 1. The van der Waals surface area contributed by atoms with E-state index < -0.39 is 0 Å². The molecule has 1 N–H and O–H groups in total. The van der Waals surface area contributed by atoms with Crippen LogP contribution in [0.4, 0.5) is 0 Å². The third-order valence-corrected chi connectivity index (χ3v) is 2.73. The summed E-state index contributed by atoms with van der Waals surface area (Å²) in [5, 5.41) is 9.67. The zero-order valence-corrected chi connectivity index (χ0v) is 9.29. The predicted molar refractivity (Wildman–Crippen MR) is 57.4 cm³/mol. The van der Waals surface area contributed by atoms with Gasteiger partial charge in [0.2, 0.25) is 0 Å². The highest BCUT2D eigenvalue weighted by Gasteiger charge is 2.29. The van der Waals surface area contributed by atoms with Crippen LogP contribution in [0.3, 0.4) is 0 Å². The van der Waals surface area contributed by atoms with E-state index in [-0.39, 0.29) is 12.0 Å². The second kappa shape index (κ2) is 5.20. The molecule has 80 valence electrons. The Morgan fingerprint density at radius 2 is 2.21 bits per heavy atom. The molecule has 0 aromatic carbocycles. The molecular formula is C12H20O2. The predicted octanol–water partition coefficient (Wildman–Crippen LogP) is 3.11. The summed E-state index contributed by atoms with van der Waals surface area (Å²) in [5.41, 5.74) is 1.28. The number of rotatable bonds is 1. The fraction of sp³-hybridized carbons (Fsp3) is 0.667. The first-order chi connectivity index (χ1) is 6.83. The first-order valence-electron chi connectivity index (χ1n) is 5.57. The Hall–Kier alpha value is -0.760. The molecule has 0 saturated carbocycles. The number of furan rings is 1. The molecule has 0 radical (unpaired) electrons. The van der Waals surface area contributed by atoms with Gasteiger partial charge in [0, 0.05) is 5.92 Å². The van der Waals surface area contributed by atoms with Crippen LogP contribution in [-0.4, -0.2) is 11.2 Å². The lowest BCUT2D eigenvalue weighted by molar-refractivity contribution is 0.112. The lowest BCUT2D eigenvalue weighted by Gasteiger charge is -2.25. The summed E-state index contributed by atoms with van der Waals surface area (Å²) >= 11 is 0. The maximum absolute atomic E-state index is 9.67. The molecule has 2 unspecified atom stereocenters. The minimum Gasteiger partial charge on any atom is -0.469 e. The fourth-order valence-corrected chi connectivity index (χ4v) is 2.02. The van der Waals surface area contributed by atoms with Crippen molar-refractivity contribution in [2.45, 2.75) is 52.1 Å². The van der Waals surface area contributed by atoms with Gasteiger partial charge in [-0.15, -0.1) is 0 Å². The molecule has 1 heterocycles. The number of aliphatic hydroxyl groups is 1. The molecule has 0 bridgehead atoms. The van der Waals surface area contributed by atoms with Gasteiger partial charge in [-0.1, -0.05) is 20.8 Å². The molecule has 2 rings (SSSR count). The summed E-state index contributed by atoms with van der Waals surface area (Å²) in [4.78, 5) is 0. The maximum Gasteiger partial charge on any atom is 0.112 e. The van der Waals surface area contributed by atoms with E-state index in [1.165, 1.54) is 5.56 Å². The van der Waals surface area contributed by atoms with E-state index in [9.17, 15) is 5.11 Å². The van der Waals surface area contributed by atoms with Gasteiger partial charge >= 0.3 is 0 Å². The summed E-state index contributed by atoms with van der Waals surface area (Å²) in [7, 11) is 0. The van der Waals surface area contributed by atoms with Crippen molar-refractivity contribution in [2.75, 3.05) is 0 Å². The van der Waals surface area contributed by atoms with E-state index in [0.717, 1.165) is 25.0 Å². The number of aliphatic hydroxyl groups excluding tert-OH is 1. The van der Waals surface area contributed by atoms with Crippen molar-refractivity contribution in [3.05, 3.63) is 23.7 Å². The molecule has 2 atom stereocenters. The molecule has 0 fully saturated rings. The van der Waals surface area contributed by atoms with Gasteiger partial charge in [-0.25, -0.2) is 0 Å². The Labute approximate surface area is 85.9 Å². The minimum atomic E-state index is -0.200. The Morgan fingerprint density at radius 1 is 1.50 bits per heavy atom. The summed E-state index contributed by atoms with van der Waals surface area (Å²) in [6.07, 6.45) is 4.33. The van der Waals surface area contributed by atoms with E-state index in [1.807, 2.05) is 19.9 Å². The highest BCUT2D eigenvalue weighted by Crippen LogP contribution is 2.34. The van der Waals surface area contributed by atoms with Crippen LogP contribution in [0.5, 0.6) is 0 Å². The molecule has 2 nitrogen and oxygen atoms in total. The summed E-state index contributed by atoms with van der Waals surface area (Å²) in [6, 6.07) is 2.02. The van der Waals surface area contributed by atoms with Crippen LogP contribution >= 0.6 is 0 Å². The van der Waals surface area contributed by atoms with Crippen LogP contribution in [0, 0.1) is 0 Å². The van der Waals surface area contributed by atoms with Gasteiger partial charge in [-0.3, -0.25) is 0 Å². The van der Waals surface area contributed by atoms with E-state index in [1.54, 1.807) is 6.26 Å². The van der Waals surface area contributed by atoms with Crippen molar-refractivity contribution in [3.63, 3.8) is 0 Å². The van der Waals surface area contributed by atoms with Crippen LogP contribution in [0.25, 0.3) is 0 Å². The van der Waals surface area contributed by atoms with Gasteiger partial charge in [0.25, 0.3) is 0 Å². The molecule has 14 heavy (non-hydrogen) atoms. The van der Waals surface area contributed by atoms with Gasteiger partial charge < -0.3 is 9.52 Å². The highest BCUT2D eigenvalue weighted by molar-refractivity contribution is 5.25. The monoisotopic (exact) mass is 196 g/mol. The molecule has 0 aliphatic heterocycles. The first kappa shape index (κ1) is 11.3. The van der Waals surface area contributed by atoms with Crippen molar-refractivity contribution in [2.24, 2.45) is 0 Å². The molecule has 2 heteroatoms. The molecule has 0 saturated heterocycles. The standard InChI is InChI=1S/C10H14O2.C2H6/c1-2-8-9(11)4-3-7-5-6-12-10(7)8;1-2/h5-6,8-9,11H,2-4H2,1H3;1-2H3. The second-order valence-electron chi connectivity index (χ2n) is 3.43. The topological polar surface area (TPSA) is 33.4 Å². The van der Waals surface area contributed by atoms with Crippen LogP contribution in [0.1, 0.15) is 50.9 Å². The average Bonchev–Trinajstić information content (AvgIpc) is 2.69. The normalized spacial score (nSPS) is 24.9. The molecule has 1 aromatic heterocycles. The minimum absolute atomic E-state index is 0.200. The first-order valence-corrected chi connectivity index (χ1v) is 5.57. The largest absolute Gasteiger partial charge is 0.469 e. The summed E-state index contributed by atoms with van der Waals surface area (Å²) in [5.74, 6) is 1.24. The van der Waals surface area contributed by atoms with E-state index >= 15 is 0 Å². The SMILES string of the molecule is CC.CCC1c2occc2CCC1O. The van der Waals surface area contributed by atoms with Gasteiger partial charge in [0.15, 0.2) is 0 Å². The van der Waals surface area contributed by atoms with Crippen molar-refractivity contribution >= 4 is 0 Å². The van der Waals surface area contributed by atoms with Crippen molar-refractivity contribution in [1.29, 1.82) is 0 Å².